The number of hydrogen-bond acceptors (Lipinski definition) is 9. The number of aromatic nitrogens is 2. The van der Waals surface area contributed by atoms with E-state index >= 15 is 0 Å². The van der Waals surface area contributed by atoms with Gasteiger partial charge in [0.2, 0.25) is 5.95 Å². The topological polar surface area (TPSA) is 103 Å². The highest BCUT2D eigenvalue weighted by atomic mass is 35.5. The average molecular weight is 627 g/mol. The molecule has 13 heteroatoms. The van der Waals surface area contributed by atoms with E-state index in [0.29, 0.717) is 59.4 Å². The van der Waals surface area contributed by atoms with Crippen molar-refractivity contribution in [2.24, 2.45) is 0 Å². The fraction of sp³-hybridized carbons (Fsp3) is 0.400. The van der Waals surface area contributed by atoms with E-state index in [4.69, 9.17) is 32.7 Å². The molecule has 6 rings (SSSR count). The summed E-state index contributed by atoms with van der Waals surface area (Å²) in [6.45, 7) is 8.10. The lowest BCUT2D eigenvalue weighted by Crippen LogP contribution is -2.66. The summed E-state index contributed by atoms with van der Waals surface area (Å²) in [5.41, 5.74) is 2.10. The van der Waals surface area contributed by atoms with Crippen LogP contribution in [0.1, 0.15) is 31.1 Å². The smallest absolute Gasteiger partial charge is 0.411 e. The van der Waals surface area contributed by atoms with Gasteiger partial charge in [0.1, 0.15) is 17.0 Å². The highest BCUT2D eigenvalue weighted by molar-refractivity contribution is 6.40. The molecule has 2 fully saturated rings. The van der Waals surface area contributed by atoms with Crippen molar-refractivity contribution in [2.45, 2.75) is 38.5 Å². The second-order valence-electron chi connectivity index (χ2n) is 11.9. The van der Waals surface area contributed by atoms with E-state index in [0.717, 1.165) is 11.4 Å². The van der Waals surface area contributed by atoms with Crippen LogP contribution in [0.2, 0.25) is 10.0 Å². The monoisotopic (exact) mass is 625 g/mol. The minimum absolute atomic E-state index is 0.0892. The summed E-state index contributed by atoms with van der Waals surface area (Å²) in [4.78, 5) is 42.8. The van der Waals surface area contributed by atoms with Crippen LogP contribution in [0.4, 0.5) is 33.6 Å². The number of hydrogen-bond donors (Lipinski definition) is 1. The number of carbonyl (C=O) groups is 2. The van der Waals surface area contributed by atoms with E-state index in [1.165, 1.54) is 11.1 Å². The number of halogens is 2. The average Bonchev–Trinajstić information content (AvgIpc) is 2.94. The van der Waals surface area contributed by atoms with Crippen molar-refractivity contribution in [1.82, 2.24) is 14.9 Å². The molecule has 0 spiro atoms. The predicted octanol–water partition coefficient (Wildman–Crippen LogP) is 5.41. The molecule has 2 unspecified atom stereocenters. The normalized spacial score (nSPS) is 20.2. The number of morpholine rings is 1. The molecule has 2 bridgehead atoms. The molecule has 2 aromatic carbocycles. The number of para-hydroxylation sites is 1. The van der Waals surface area contributed by atoms with Gasteiger partial charge in [-0.25, -0.2) is 9.78 Å². The van der Waals surface area contributed by atoms with Gasteiger partial charge in [0, 0.05) is 37.7 Å². The van der Waals surface area contributed by atoms with Gasteiger partial charge in [0.15, 0.2) is 0 Å². The minimum atomic E-state index is -0.552. The van der Waals surface area contributed by atoms with Crippen molar-refractivity contribution in [3.05, 3.63) is 64.3 Å². The Morgan fingerprint density at radius 2 is 1.70 bits per heavy atom. The van der Waals surface area contributed by atoms with E-state index in [1.54, 1.807) is 18.2 Å². The van der Waals surface area contributed by atoms with Crippen molar-refractivity contribution in [2.75, 3.05) is 60.0 Å². The lowest BCUT2D eigenvalue weighted by Gasteiger charge is -2.50. The number of fused-ring (bicyclic) bond motifs is 3. The SMILES string of the molecule is CN1CN(c2c(Cl)cccc2Cl)C(=O)c2cnc(Nc3ccc(N4CC5COCC(C4)N5C(=O)OC(C)(C)C)cc3)nc21. The quantitative estimate of drug-likeness (QED) is 0.408. The Morgan fingerprint density at radius 1 is 1.05 bits per heavy atom. The molecule has 43 heavy (non-hydrogen) atoms. The van der Waals surface area contributed by atoms with E-state index < -0.39 is 5.60 Å². The minimum Gasteiger partial charge on any atom is -0.444 e. The standard InChI is InChI=1S/C30H33Cl2N7O4/c1-30(2,3)43-29(41)39-20-13-37(14-21(39)16-42-15-20)19-10-8-18(9-11-19)34-28-33-12-22-26(35-28)36(4)17-38(27(22)40)25-23(31)6-5-7-24(25)32/h5-12,20-21H,13-17H2,1-4H3,(H,33,34,35). The summed E-state index contributed by atoms with van der Waals surface area (Å²) in [5, 5.41) is 4.02. The van der Waals surface area contributed by atoms with Gasteiger partial charge in [-0.15, -0.1) is 0 Å². The predicted molar refractivity (Wildman–Crippen MR) is 167 cm³/mol. The molecule has 2 amide bonds. The number of amides is 2. The van der Waals surface area contributed by atoms with Gasteiger partial charge in [0.25, 0.3) is 5.91 Å². The van der Waals surface area contributed by atoms with Crippen LogP contribution in [0.15, 0.2) is 48.7 Å². The first-order valence-electron chi connectivity index (χ1n) is 14.0. The fourth-order valence-electron chi connectivity index (χ4n) is 5.65. The van der Waals surface area contributed by atoms with Gasteiger partial charge < -0.3 is 24.6 Å². The van der Waals surface area contributed by atoms with Gasteiger partial charge in [0.05, 0.1) is 47.7 Å². The molecular formula is C30H33Cl2N7O4. The molecule has 1 N–H and O–H groups in total. The maximum absolute atomic E-state index is 13.4. The molecule has 2 saturated heterocycles. The third kappa shape index (κ3) is 5.89. The summed E-state index contributed by atoms with van der Waals surface area (Å²) in [5.74, 6) is 0.601. The third-order valence-corrected chi connectivity index (χ3v) is 8.14. The van der Waals surface area contributed by atoms with Crippen LogP contribution in [0, 0.1) is 0 Å². The fourth-order valence-corrected chi connectivity index (χ4v) is 6.26. The van der Waals surface area contributed by atoms with Crippen LogP contribution in [0.25, 0.3) is 0 Å². The number of anilines is 5. The Morgan fingerprint density at radius 3 is 2.33 bits per heavy atom. The summed E-state index contributed by atoms with van der Waals surface area (Å²) in [6, 6.07) is 12.9. The van der Waals surface area contributed by atoms with Crippen molar-refractivity contribution in [3.63, 3.8) is 0 Å². The maximum atomic E-state index is 13.4. The van der Waals surface area contributed by atoms with Crippen LogP contribution in [0.5, 0.6) is 0 Å². The zero-order valence-corrected chi connectivity index (χ0v) is 25.9. The number of rotatable bonds is 4. The summed E-state index contributed by atoms with van der Waals surface area (Å²) >= 11 is 12.8. The van der Waals surface area contributed by atoms with Crippen LogP contribution in [0.3, 0.4) is 0 Å². The van der Waals surface area contributed by atoms with E-state index in [-0.39, 0.29) is 30.8 Å². The van der Waals surface area contributed by atoms with Gasteiger partial charge >= 0.3 is 6.09 Å². The molecule has 11 nitrogen and oxygen atoms in total. The molecule has 3 aliphatic rings. The number of ether oxygens (including phenoxy) is 2. The van der Waals surface area contributed by atoms with Crippen molar-refractivity contribution in [1.29, 1.82) is 0 Å². The number of nitrogens with one attached hydrogen (secondary N) is 1. The summed E-state index contributed by atoms with van der Waals surface area (Å²) < 4.78 is 11.4. The molecule has 3 aliphatic heterocycles. The van der Waals surface area contributed by atoms with Crippen LogP contribution in [-0.4, -0.2) is 84.6 Å². The molecule has 3 aromatic rings. The van der Waals surface area contributed by atoms with Gasteiger partial charge in [-0.2, -0.15) is 4.98 Å². The maximum Gasteiger partial charge on any atom is 0.411 e. The Bertz CT molecular complexity index is 1510. The third-order valence-electron chi connectivity index (χ3n) is 7.53. The summed E-state index contributed by atoms with van der Waals surface area (Å²) in [6.07, 6.45) is 1.22. The zero-order valence-electron chi connectivity index (χ0n) is 24.4. The van der Waals surface area contributed by atoms with E-state index in [2.05, 4.69) is 20.2 Å². The lowest BCUT2D eigenvalue weighted by atomic mass is 10.0. The zero-order chi connectivity index (χ0) is 30.5. The van der Waals surface area contributed by atoms with E-state index in [1.807, 2.05) is 61.9 Å². The molecular weight excluding hydrogens is 593 g/mol. The van der Waals surface area contributed by atoms with Gasteiger partial charge in [-0.05, 0) is 57.2 Å². The summed E-state index contributed by atoms with van der Waals surface area (Å²) in [7, 11) is 1.84. The molecule has 0 saturated carbocycles. The highest BCUT2D eigenvalue weighted by Crippen LogP contribution is 2.38. The lowest BCUT2D eigenvalue weighted by molar-refractivity contribution is -0.0665. The molecule has 2 atom stereocenters. The largest absolute Gasteiger partial charge is 0.444 e. The number of benzene rings is 2. The number of carbonyl (C=O) groups excluding carboxylic acids is 2. The van der Waals surface area contributed by atoms with Crippen LogP contribution < -0.4 is 20.0 Å². The second kappa shape index (κ2) is 11.4. The number of piperazine rings is 1. The van der Waals surface area contributed by atoms with Crippen molar-refractivity contribution in [3.8, 4) is 0 Å². The first kappa shape index (κ1) is 29.3. The Kier molecular flexibility index (Phi) is 7.74. The van der Waals surface area contributed by atoms with Gasteiger partial charge in [-0.1, -0.05) is 29.3 Å². The number of nitrogens with zero attached hydrogens (tertiary/aromatic N) is 6. The Hall–Kier alpha value is -3.80. The molecule has 226 valence electrons. The highest BCUT2D eigenvalue weighted by Gasteiger charge is 2.43. The van der Waals surface area contributed by atoms with Crippen LogP contribution in [-0.2, 0) is 9.47 Å². The Balaban J connectivity index is 1.14. The van der Waals surface area contributed by atoms with Crippen molar-refractivity contribution < 1.29 is 19.1 Å². The molecule has 1 aromatic heterocycles. The van der Waals surface area contributed by atoms with Crippen LogP contribution >= 0.6 is 23.2 Å². The molecule has 4 heterocycles. The van der Waals surface area contributed by atoms with Crippen molar-refractivity contribution >= 4 is 64.0 Å². The van der Waals surface area contributed by atoms with E-state index in [9.17, 15) is 9.59 Å². The first-order valence-corrected chi connectivity index (χ1v) is 14.8. The first-order chi connectivity index (χ1) is 20.5. The molecule has 0 aliphatic carbocycles. The van der Waals surface area contributed by atoms with Gasteiger partial charge in [-0.3, -0.25) is 14.6 Å². The second-order valence-corrected chi connectivity index (χ2v) is 12.7. The Labute approximate surface area is 260 Å². The molecule has 0 radical (unpaired) electrons.